The van der Waals surface area contributed by atoms with Gasteiger partial charge in [0.15, 0.2) is 0 Å². The Labute approximate surface area is 126 Å². The van der Waals surface area contributed by atoms with Gasteiger partial charge in [-0.15, -0.1) is 0 Å². The number of carbonyl (C=O) groups excluding carboxylic acids is 2. The minimum Gasteiger partial charge on any atom is -0.344 e. The van der Waals surface area contributed by atoms with Gasteiger partial charge in [0.25, 0.3) is 0 Å². The maximum absolute atomic E-state index is 12.4. The summed E-state index contributed by atoms with van der Waals surface area (Å²) < 4.78 is 1.03. The Hall–Kier alpha value is -1.36. The Morgan fingerprint density at radius 1 is 1.35 bits per heavy atom. The van der Waals surface area contributed by atoms with E-state index in [9.17, 15) is 9.59 Å². The zero-order chi connectivity index (χ0) is 14.3. The fourth-order valence-electron chi connectivity index (χ4n) is 2.50. The first-order valence-corrected chi connectivity index (χ1v) is 7.73. The van der Waals surface area contributed by atoms with Gasteiger partial charge in [-0.25, -0.2) is 0 Å². The molecule has 1 saturated carbocycles. The molecule has 0 unspecified atom stereocenters. The van der Waals surface area contributed by atoms with E-state index >= 15 is 0 Å². The van der Waals surface area contributed by atoms with Gasteiger partial charge in [-0.2, -0.15) is 0 Å². The summed E-state index contributed by atoms with van der Waals surface area (Å²) in [6, 6.07) is 5.52. The monoisotopic (exact) mass is 336 g/mol. The zero-order valence-corrected chi connectivity index (χ0v) is 12.9. The van der Waals surface area contributed by atoms with Crippen LogP contribution in [0.4, 0.5) is 5.69 Å². The number of nitrogens with zero attached hydrogens (tertiary/aromatic N) is 1. The largest absolute Gasteiger partial charge is 0.344 e. The highest BCUT2D eigenvalue weighted by Gasteiger charge is 2.37. The van der Waals surface area contributed by atoms with Crippen molar-refractivity contribution in [1.82, 2.24) is 5.32 Å². The number of aryl methyl sites for hydroxylation is 1. The molecule has 3 rings (SSSR count). The molecule has 1 aromatic carbocycles. The number of hydrogen-bond acceptors (Lipinski definition) is 2. The van der Waals surface area contributed by atoms with E-state index in [2.05, 4.69) is 21.2 Å². The molecule has 4 nitrogen and oxygen atoms in total. The van der Waals surface area contributed by atoms with Gasteiger partial charge in [-0.3, -0.25) is 9.59 Å². The SMILES string of the molecule is Cc1cc(N2CC[C@@H](NC(=O)C3CC3)C2=O)ccc1Br. The van der Waals surface area contributed by atoms with E-state index in [0.29, 0.717) is 13.0 Å². The highest BCUT2D eigenvalue weighted by Crippen LogP contribution is 2.30. The normalized spacial score (nSPS) is 22.2. The van der Waals surface area contributed by atoms with E-state index in [-0.39, 0.29) is 23.8 Å². The van der Waals surface area contributed by atoms with Gasteiger partial charge in [0.05, 0.1) is 0 Å². The minimum atomic E-state index is -0.355. The third kappa shape index (κ3) is 2.59. The highest BCUT2D eigenvalue weighted by molar-refractivity contribution is 9.10. The van der Waals surface area contributed by atoms with Gasteiger partial charge in [0.2, 0.25) is 11.8 Å². The second-order valence-electron chi connectivity index (χ2n) is 5.55. The number of halogens is 1. The van der Waals surface area contributed by atoms with Crippen molar-refractivity contribution in [3.8, 4) is 0 Å². The summed E-state index contributed by atoms with van der Waals surface area (Å²) >= 11 is 3.46. The first-order chi connectivity index (χ1) is 9.56. The van der Waals surface area contributed by atoms with Gasteiger partial charge >= 0.3 is 0 Å². The fraction of sp³-hybridized carbons (Fsp3) is 0.467. The fourth-order valence-corrected chi connectivity index (χ4v) is 2.75. The van der Waals surface area contributed by atoms with Crippen molar-refractivity contribution in [3.63, 3.8) is 0 Å². The Kier molecular flexibility index (Phi) is 3.54. The van der Waals surface area contributed by atoms with Crippen LogP contribution in [0.25, 0.3) is 0 Å². The van der Waals surface area contributed by atoms with Crippen LogP contribution in [0.1, 0.15) is 24.8 Å². The van der Waals surface area contributed by atoms with Gasteiger partial charge < -0.3 is 10.2 Å². The van der Waals surface area contributed by atoms with Crippen molar-refractivity contribution in [2.45, 2.75) is 32.2 Å². The Morgan fingerprint density at radius 2 is 2.10 bits per heavy atom. The van der Waals surface area contributed by atoms with E-state index in [1.165, 1.54) is 0 Å². The van der Waals surface area contributed by atoms with Crippen molar-refractivity contribution in [2.24, 2.45) is 5.92 Å². The number of rotatable bonds is 3. The number of amides is 2. The van der Waals surface area contributed by atoms with E-state index in [1.54, 1.807) is 4.90 Å². The number of hydrogen-bond donors (Lipinski definition) is 1. The van der Waals surface area contributed by atoms with Crippen LogP contribution in [0, 0.1) is 12.8 Å². The van der Waals surface area contributed by atoms with Crippen molar-refractivity contribution in [3.05, 3.63) is 28.2 Å². The van der Waals surface area contributed by atoms with Crippen LogP contribution < -0.4 is 10.2 Å². The second-order valence-corrected chi connectivity index (χ2v) is 6.40. The van der Waals surface area contributed by atoms with Crippen LogP contribution in [0.3, 0.4) is 0 Å². The van der Waals surface area contributed by atoms with Crippen LogP contribution in [0.2, 0.25) is 0 Å². The summed E-state index contributed by atoms with van der Waals surface area (Å²) in [5.41, 5.74) is 2.00. The van der Waals surface area contributed by atoms with E-state index in [1.807, 2.05) is 25.1 Å². The quantitative estimate of drug-likeness (QED) is 0.921. The molecular formula is C15H17BrN2O2. The summed E-state index contributed by atoms with van der Waals surface area (Å²) in [5.74, 6) is 0.185. The summed E-state index contributed by atoms with van der Waals surface area (Å²) in [4.78, 5) is 25.9. The maximum atomic E-state index is 12.4. The third-order valence-electron chi connectivity index (χ3n) is 3.92. The van der Waals surface area contributed by atoms with Crippen LogP contribution >= 0.6 is 15.9 Å². The summed E-state index contributed by atoms with van der Waals surface area (Å²) in [6.07, 6.45) is 2.61. The molecule has 0 bridgehead atoms. The van der Waals surface area contributed by atoms with Crippen molar-refractivity contribution < 1.29 is 9.59 Å². The molecular weight excluding hydrogens is 320 g/mol. The molecule has 20 heavy (non-hydrogen) atoms. The molecule has 0 aromatic heterocycles. The molecule has 2 amide bonds. The number of benzene rings is 1. The van der Waals surface area contributed by atoms with E-state index in [4.69, 9.17) is 0 Å². The molecule has 5 heteroatoms. The number of carbonyl (C=O) groups is 2. The summed E-state index contributed by atoms with van der Waals surface area (Å²) in [5, 5.41) is 2.88. The van der Waals surface area contributed by atoms with Crippen molar-refractivity contribution in [2.75, 3.05) is 11.4 Å². The topological polar surface area (TPSA) is 49.4 Å². The Balaban J connectivity index is 1.71. The summed E-state index contributed by atoms with van der Waals surface area (Å²) in [7, 11) is 0. The Bertz CT molecular complexity index is 569. The second kappa shape index (κ2) is 5.20. The molecule has 0 radical (unpaired) electrons. The lowest BCUT2D eigenvalue weighted by Crippen LogP contribution is -2.42. The third-order valence-corrected chi connectivity index (χ3v) is 4.81. The smallest absolute Gasteiger partial charge is 0.249 e. The van der Waals surface area contributed by atoms with Crippen molar-refractivity contribution >= 4 is 33.4 Å². The lowest BCUT2D eigenvalue weighted by molar-refractivity contribution is -0.127. The molecule has 1 aliphatic carbocycles. The zero-order valence-electron chi connectivity index (χ0n) is 11.4. The predicted octanol–water partition coefficient (Wildman–Crippen LogP) is 2.39. The average Bonchev–Trinajstić information content (AvgIpc) is 3.20. The molecule has 1 saturated heterocycles. The van der Waals surface area contributed by atoms with Crippen molar-refractivity contribution in [1.29, 1.82) is 0 Å². The lowest BCUT2D eigenvalue weighted by Gasteiger charge is -2.18. The standard InChI is InChI=1S/C15H17BrN2O2/c1-9-8-11(4-5-12(9)16)18-7-6-13(15(18)20)17-14(19)10-2-3-10/h4-5,8,10,13H,2-3,6-7H2,1H3,(H,17,19)/t13-/m1/s1. The minimum absolute atomic E-state index is 0.000669. The molecule has 1 N–H and O–H groups in total. The van der Waals surface area contributed by atoms with E-state index < -0.39 is 0 Å². The Morgan fingerprint density at radius 3 is 2.75 bits per heavy atom. The molecule has 2 fully saturated rings. The van der Waals surface area contributed by atoms with Gasteiger partial charge in [-0.1, -0.05) is 15.9 Å². The first kappa shape index (κ1) is 13.6. The molecule has 1 aliphatic heterocycles. The van der Waals surface area contributed by atoms with Crippen LogP contribution in [0.5, 0.6) is 0 Å². The maximum Gasteiger partial charge on any atom is 0.249 e. The highest BCUT2D eigenvalue weighted by atomic mass is 79.9. The van der Waals surface area contributed by atoms with Gasteiger partial charge in [-0.05, 0) is 49.9 Å². The molecule has 1 heterocycles. The van der Waals surface area contributed by atoms with Gasteiger partial charge in [0.1, 0.15) is 6.04 Å². The number of nitrogens with one attached hydrogen (secondary N) is 1. The van der Waals surface area contributed by atoms with E-state index in [0.717, 1.165) is 28.6 Å². The number of anilines is 1. The van der Waals surface area contributed by atoms with Gasteiger partial charge in [0, 0.05) is 22.6 Å². The van der Waals surface area contributed by atoms with Crippen LogP contribution in [-0.4, -0.2) is 24.4 Å². The van der Waals surface area contributed by atoms with Crippen LogP contribution in [0.15, 0.2) is 22.7 Å². The first-order valence-electron chi connectivity index (χ1n) is 6.94. The lowest BCUT2D eigenvalue weighted by atomic mass is 10.2. The van der Waals surface area contributed by atoms with Crippen LogP contribution in [-0.2, 0) is 9.59 Å². The molecule has 1 aromatic rings. The summed E-state index contributed by atoms with van der Waals surface area (Å²) in [6.45, 7) is 2.66. The molecule has 1 atom stereocenters. The molecule has 2 aliphatic rings. The molecule has 106 valence electrons. The average molecular weight is 337 g/mol. The molecule has 0 spiro atoms. The predicted molar refractivity (Wildman–Crippen MR) is 80.5 cm³/mol.